The average Bonchev–Trinajstić information content (AvgIpc) is 2.88. The highest BCUT2D eigenvalue weighted by Gasteiger charge is 2.65. The summed E-state index contributed by atoms with van der Waals surface area (Å²) in [5.74, 6) is 0.0215. The summed E-state index contributed by atoms with van der Waals surface area (Å²) in [6.45, 7) is 6.20. The number of nitrogens with zero attached hydrogens (tertiary/aromatic N) is 3. The number of nitrogens with one attached hydrogen (secondary N) is 1. The lowest BCUT2D eigenvalue weighted by atomic mass is 9.70. The first-order valence-corrected chi connectivity index (χ1v) is 8.36. The SMILES string of the molecule is CC12CCC(C(/C=N\Nc3ccc([N+](=O)[O-])cc3[N+](=O)[O-])C1=O)C2(C)C. The van der Waals surface area contributed by atoms with Crippen molar-refractivity contribution in [2.45, 2.75) is 33.6 Å². The van der Waals surface area contributed by atoms with Crippen LogP contribution in [0.25, 0.3) is 0 Å². The fourth-order valence-corrected chi connectivity index (χ4v) is 4.39. The molecule has 0 heterocycles. The molecule has 9 heteroatoms. The van der Waals surface area contributed by atoms with E-state index in [9.17, 15) is 25.0 Å². The number of carbonyl (C=O) groups excluding carboxylic acids is 1. The van der Waals surface area contributed by atoms with E-state index in [2.05, 4.69) is 24.4 Å². The number of benzene rings is 1. The quantitative estimate of drug-likeness (QED) is 0.486. The molecule has 0 aliphatic heterocycles. The van der Waals surface area contributed by atoms with Crippen LogP contribution in [0.5, 0.6) is 0 Å². The van der Waals surface area contributed by atoms with Crippen LogP contribution in [0.15, 0.2) is 23.3 Å². The molecule has 1 N–H and O–H groups in total. The van der Waals surface area contributed by atoms with Crippen LogP contribution in [-0.4, -0.2) is 21.8 Å². The Morgan fingerprint density at radius 1 is 1.23 bits per heavy atom. The van der Waals surface area contributed by atoms with Gasteiger partial charge in [0, 0.05) is 17.7 Å². The lowest BCUT2D eigenvalue weighted by Crippen LogP contribution is -2.33. The average molecular weight is 360 g/mol. The first kappa shape index (κ1) is 18.0. The highest BCUT2D eigenvalue weighted by Crippen LogP contribution is 2.65. The molecule has 2 aliphatic carbocycles. The van der Waals surface area contributed by atoms with Gasteiger partial charge in [-0.1, -0.05) is 20.8 Å². The van der Waals surface area contributed by atoms with E-state index >= 15 is 0 Å². The van der Waals surface area contributed by atoms with E-state index in [0.717, 1.165) is 25.0 Å². The second kappa shape index (κ2) is 5.86. The molecule has 0 amide bonds. The van der Waals surface area contributed by atoms with E-state index in [0.29, 0.717) is 0 Å². The number of hydrazone groups is 1. The van der Waals surface area contributed by atoms with Gasteiger partial charge in [-0.15, -0.1) is 0 Å². The van der Waals surface area contributed by atoms with Crippen LogP contribution < -0.4 is 5.43 Å². The summed E-state index contributed by atoms with van der Waals surface area (Å²) in [5, 5.41) is 25.9. The number of rotatable bonds is 5. The van der Waals surface area contributed by atoms with Crippen molar-refractivity contribution in [2.24, 2.45) is 27.8 Å². The van der Waals surface area contributed by atoms with Gasteiger partial charge < -0.3 is 0 Å². The Morgan fingerprint density at radius 2 is 1.92 bits per heavy atom. The summed E-state index contributed by atoms with van der Waals surface area (Å²) in [6, 6.07) is 3.28. The number of carbonyl (C=O) groups is 1. The van der Waals surface area contributed by atoms with Gasteiger partial charge in [0.1, 0.15) is 11.5 Å². The fraction of sp³-hybridized carbons (Fsp3) is 0.529. The lowest BCUT2D eigenvalue weighted by molar-refractivity contribution is -0.393. The van der Waals surface area contributed by atoms with Crippen molar-refractivity contribution in [1.82, 2.24) is 0 Å². The molecular weight excluding hydrogens is 340 g/mol. The zero-order chi connectivity index (χ0) is 19.3. The van der Waals surface area contributed by atoms with Crippen LogP contribution in [0.1, 0.15) is 33.6 Å². The number of ketones is 1. The van der Waals surface area contributed by atoms with Crippen LogP contribution in [0.2, 0.25) is 0 Å². The Balaban J connectivity index is 1.81. The standard InChI is InChI=1S/C17H20N4O5/c1-16(2)12-6-7-17(16,3)15(22)11(12)9-18-19-13-5-4-10(20(23)24)8-14(13)21(25)26/h4-5,8-9,11-12,19H,6-7H2,1-3H3/b18-9-. The molecule has 9 nitrogen and oxygen atoms in total. The molecule has 2 fully saturated rings. The Kier molecular flexibility index (Phi) is 4.05. The smallest absolute Gasteiger partial charge is 0.298 e. The van der Waals surface area contributed by atoms with Crippen LogP contribution in [0, 0.1) is 42.9 Å². The molecular formula is C17H20N4O5. The van der Waals surface area contributed by atoms with Gasteiger partial charge in [-0.2, -0.15) is 5.10 Å². The summed E-state index contributed by atoms with van der Waals surface area (Å²) in [4.78, 5) is 33.2. The molecule has 2 aliphatic rings. The van der Waals surface area contributed by atoms with Crippen molar-refractivity contribution >= 4 is 29.1 Å². The fourth-order valence-electron chi connectivity index (χ4n) is 4.39. The third kappa shape index (κ3) is 2.46. The summed E-state index contributed by atoms with van der Waals surface area (Å²) in [5.41, 5.74) is 1.31. The second-order valence-corrected chi connectivity index (χ2v) is 7.69. The lowest BCUT2D eigenvalue weighted by Gasteiger charge is -2.32. The van der Waals surface area contributed by atoms with E-state index in [1.54, 1.807) is 0 Å². The Bertz CT molecular complexity index is 834. The van der Waals surface area contributed by atoms with Crippen molar-refractivity contribution in [3.63, 3.8) is 0 Å². The molecule has 1 aromatic rings. The van der Waals surface area contributed by atoms with Gasteiger partial charge in [0.25, 0.3) is 5.69 Å². The Morgan fingerprint density at radius 3 is 2.46 bits per heavy atom. The zero-order valence-electron chi connectivity index (χ0n) is 14.8. The van der Waals surface area contributed by atoms with Gasteiger partial charge in [-0.05, 0) is 30.2 Å². The first-order chi connectivity index (χ1) is 12.1. The monoisotopic (exact) mass is 360 g/mol. The minimum absolute atomic E-state index is 0.0397. The number of nitro groups is 2. The van der Waals surface area contributed by atoms with Gasteiger partial charge in [-0.25, -0.2) is 0 Å². The van der Waals surface area contributed by atoms with Crippen molar-refractivity contribution in [3.8, 4) is 0 Å². The summed E-state index contributed by atoms with van der Waals surface area (Å²) >= 11 is 0. The van der Waals surface area contributed by atoms with E-state index in [-0.39, 0.29) is 39.8 Å². The van der Waals surface area contributed by atoms with Gasteiger partial charge in [0.05, 0.1) is 21.8 Å². The van der Waals surface area contributed by atoms with Gasteiger partial charge >= 0.3 is 5.69 Å². The van der Waals surface area contributed by atoms with Gasteiger partial charge in [0.2, 0.25) is 0 Å². The maximum atomic E-state index is 12.7. The Hall–Kier alpha value is -2.84. The third-order valence-corrected chi connectivity index (χ3v) is 6.39. The van der Waals surface area contributed by atoms with Crippen molar-refractivity contribution in [2.75, 3.05) is 5.43 Å². The number of nitro benzene ring substituents is 2. The van der Waals surface area contributed by atoms with Crippen LogP contribution in [-0.2, 0) is 4.79 Å². The van der Waals surface area contributed by atoms with E-state index < -0.39 is 15.5 Å². The summed E-state index contributed by atoms with van der Waals surface area (Å²) in [6.07, 6.45) is 3.34. The molecule has 3 unspecified atom stereocenters. The molecule has 2 saturated carbocycles. The molecule has 0 aromatic heterocycles. The van der Waals surface area contributed by atoms with Crippen LogP contribution in [0.4, 0.5) is 17.1 Å². The molecule has 1 aromatic carbocycles. The highest BCUT2D eigenvalue weighted by atomic mass is 16.6. The third-order valence-electron chi connectivity index (χ3n) is 6.39. The molecule has 3 atom stereocenters. The molecule has 0 saturated heterocycles. The Labute approximate surface area is 149 Å². The molecule has 26 heavy (non-hydrogen) atoms. The number of hydrogen-bond donors (Lipinski definition) is 1. The normalized spacial score (nSPS) is 29.3. The number of non-ortho nitro benzene ring substituents is 1. The topological polar surface area (TPSA) is 128 Å². The number of fused-ring (bicyclic) bond motifs is 2. The van der Waals surface area contributed by atoms with E-state index in [1.165, 1.54) is 12.3 Å². The van der Waals surface area contributed by atoms with Crippen LogP contribution in [0.3, 0.4) is 0 Å². The predicted molar refractivity (Wildman–Crippen MR) is 95.0 cm³/mol. The minimum Gasteiger partial charge on any atom is -0.298 e. The van der Waals surface area contributed by atoms with E-state index in [4.69, 9.17) is 0 Å². The molecule has 0 radical (unpaired) electrons. The minimum atomic E-state index is -0.711. The van der Waals surface area contributed by atoms with Gasteiger partial charge in [-0.3, -0.25) is 30.4 Å². The first-order valence-electron chi connectivity index (χ1n) is 8.36. The maximum Gasteiger partial charge on any atom is 0.301 e. The molecule has 0 spiro atoms. The molecule has 2 bridgehead atoms. The summed E-state index contributed by atoms with van der Waals surface area (Å²) < 4.78 is 0. The zero-order valence-corrected chi connectivity index (χ0v) is 14.8. The maximum absolute atomic E-state index is 12.7. The van der Waals surface area contributed by atoms with E-state index in [1.807, 2.05) is 6.92 Å². The number of anilines is 1. The second-order valence-electron chi connectivity index (χ2n) is 7.69. The number of Topliss-reactive ketones (excluding diaryl/α,β-unsaturated/α-hetero) is 1. The predicted octanol–water partition coefficient (Wildman–Crippen LogP) is 3.54. The van der Waals surface area contributed by atoms with Gasteiger partial charge in [0.15, 0.2) is 0 Å². The molecule has 138 valence electrons. The number of hydrogen-bond acceptors (Lipinski definition) is 7. The summed E-state index contributed by atoms with van der Waals surface area (Å²) in [7, 11) is 0. The van der Waals surface area contributed by atoms with Crippen LogP contribution >= 0.6 is 0 Å². The highest BCUT2D eigenvalue weighted by molar-refractivity contribution is 6.02. The van der Waals surface area contributed by atoms with Crippen molar-refractivity contribution in [1.29, 1.82) is 0 Å². The largest absolute Gasteiger partial charge is 0.301 e. The molecule has 3 rings (SSSR count). The van der Waals surface area contributed by atoms with Crippen molar-refractivity contribution in [3.05, 3.63) is 38.4 Å². The van der Waals surface area contributed by atoms with Crippen molar-refractivity contribution < 1.29 is 14.6 Å².